The van der Waals surface area contributed by atoms with E-state index in [-0.39, 0.29) is 0 Å². The van der Waals surface area contributed by atoms with Gasteiger partial charge in [0.1, 0.15) is 0 Å². The van der Waals surface area contributed by atoms with Crippen LogP contribution < -0.4 is 0 Å². The molecule has 158 valence electrons. The van der Waals surface area contributed by atoms with E-state index in [4.69, 9.17) is 0 Å². The van der Waals surface area contributed by atoms with Gasteiger partial charge in [0.05, 0.1) is 0 Å². The highest BCUT2D eigenvalue weighted by Gasteiger charge is 2.37. The largest absolute Gasteiger partial charge is 0.431 e. The van der Waals surface area contributed by atoms with E-state index in [0.717, 1.165) is 6.04 Å². The molecule has 0 aromatic rings. The van der Waals surface area contributed by atoms with Gasteiger partial charge in [0.25, 0.3) is 0 Å². The van der Waals surface area contributed by atoms with E-state index in [9.17, 15) is 4.80 Å². The number of hydrogen-bond acceptors (Lipinski definition) is 1. The highest BCUT2D eigenvalue weighted by atomic mass is 28.4. The maximum atomic E-state index is 10.9. The summed E-state index contributed by atoms with van der Waals surface area (Å²) in [5.41, 5.74) is 0.998. The van der Waals surface area contributed by atoms with Crippen molar-refractivity contribution >= 4 is 8.32 Å². The number of hydrogen-bond donors (Lipinski definition) is 1. The Hall–Kier alpha value is 0.177. The van der Waals surface area contributed by atoms with Crippen molar-refractivity contribution in [1.82, 2.24) is 0 Å². The Kier molecular flexibility index (Phi) is 17.4. The summed E-state index contributed by atoms with van der Waals surface area (Å²) in [6, 6.07) is 1.11. The molecule has 0 bridgehead atoms. The van der Waals surface area contributed by atoms with Gasteiger partial charge in [0, 0.05) is 0 Å². The Balaban J connectivity index is 3.32. The van der Waals surface area contributed by atoms with Crippen molar-refractivity contribution in [2.75, 3.05) is 0 Å². The molecule has 0 saturated heterocycles. The minimum atomic E-state index is -2.01. The lowest BCUT2D eigenvalue weighted by atomic mass is 10.0. The highest BCUT2D eigenvalue weighted by molar-refractivity contribution is 6.75. The van der Waals surface area contributed by atoms with E-state index < -0.39 is 8.32 Å². The van der Waals surface area contributed by atoms with Crippen LogP contribution in [0.3, 0.4) is 0 Å². The van der Waals surface area contributed by atoms with E-state index in [1.807, 2.05) is 0 Å². The molecule has 0 spiro atoms. The van der Waals surface area contributed by atoms with Crippen molar-refractivity contribution in [2.45, 2.75) is 154 Å². The zero-order valence-electron chi connectivity index (χ0n) is 19.1. The van der Waals surface area contributed by atoms with E-state index in [0.29, 0.717) is 11.1 Å². The number of unbranched alkanes of at least 4 members (excludes halogenated alkanes) is 15. The van der Waals surface area contributed by atoms with Crippen molar-refractivity contribution in [2.24, 2.45) is 0 Å². The van der Waals surface area contributed by atoms with Gasteiger partial charge >= 0.3 is 0 Å². The van der Waals surface area contributed by atoms with E-state index >= 15 is 0 Å². The minimum Gasteiger partial charge on any atom is -0.431 e. The Morgan fingerprint density at radius 2 is 0.769 bits per heavy atom. The molecule has 0 aromatic carbocycles. The summed E-state index contributed by atoms with van der Waals surface area (Å²) >= 11 is 0. The molecule has 0 amide bonds. The van der Waals surface area contributed by atoms with Crippen molar-refractivity contribution in [3.8, 4) is 0 Å². The summed E-state index contributed by atoms with van der Waals surface area (Å²) in [5, 5.41) is 0. The molecule has 1 nitrogen and oxygen atoms in total. The molecule has 0 atom stereocenters. The Morgan fingerprint density at radius 3 is 1.04 bits per heavy atom. The van der Waals surface area contributed by atoms with E-state index in [1.165, 1.54) is 103 Å². The monoisotopic (exact) mass is 384 g/mol. The summed E-state index contributed by atoms with van der Waals surface area (Å²) in [7, 11) is -2.01. The first kappa shape index (κ1) is 26.2. The van der Waals surface area contributed by atoms with Gasteiger partial charge < -0.3 is 4.80 Å². The average molecular weight is 385 g/mol. The van der Waals surface area contributed by atoms with Gasteiger partial charge in [-0.15, -0.1) is 0 Å². The molecule has 0 saturated carbocycles. The SMILES string of the molecule is CCCCCCCCCCCCCCCCCC[Si](O)(C(C)C)C(C)C. The number of rotatable bonds is 19. The van der Waals surface area contributed by atoms with Gasteiger partial charge in [-0.25, -0.2) is 0 Å². The molecular formula is C24H52OSi. The summed E-state index contributed by atoms with van der Waals surface area (Å²) in [6.45, 7) is 11.2. The second kappa shape index (κ2) is 17.3. The van der Waals surface area contributed by atoms with Crippen LogP contribution in [0, 0.1) is 0 Å². The Bertz CT molecular complexity index is 280. The molecule has 0 radical (unpaired) electrons. The van der Waals surface area contributed by atoms with Crippen LogP contribution in [0.2, 0.25) is 17.1 Å². The third-order valence-electron chi connectivity index (χ3n) is 6.43. The molecule has 1 N–H and O–H groups in total. The summed E-state index contributed by atoms with van der Waals surface area (Å²) < 4.78 is 0. The molecule has 0 aromatic heterocycles. The molecule has 0 rings (SSSR count). The zero-order chi connectivity index (χ0) is 19.7. The molecule has 0 aliphatic carbocycles. The lowest BCUT2D eigenvalue weighted by Gasteiger charge is -2.33. The standard InChI is InChI=1S/C24H52OSi/c1-6-7-8-9-10-11-12-13-14-15-16-17-18-19-20-21-22-26(25,23(2)3)24(4)5/h23-25H,6-22H2,1-5H3. The highest BCUT2D eigenvalue weighted by Crippen LogP contribution is 2.34. The van der Waals surface area contributed by atoms with Crippen LogP contribution in [-0.2, 0) is 0 Å². The van der Waals surface area contributed by atoms with Crippen molar-refractivity contribution in [1.29, 1.82) is 0 Å². The lowest BCUT2D eigenvalue weighted by Crippen LogP contribution is -2.41. The van der Waals surface area contributed by atoms with E-state index in [2.05, 4.69) is 34.6 Å². The van der Waals surface area contributed by atoms with Gasteiger partial charge in [0.2, 0.25) is 0 Å². The van der Waals surface area contributed by atoms with Crippen molar-refractivity contribution in [3.05, 3.63) is 0 Å². The van der Waals surface area contributed by atoms with Crippen LogP contribution in [0.4, 0.5) is 0 Å². The first-order valence-electron chi connectivity index (χ1n) is 12.2. The van der Waals surface area contributed by atoms with Crippen LogP contribution in [0.5, 0.6) is 0 Å². The predicted molar refractivity (Wildman–Crippen MR) is 123 cm³/mol. The minimum absolute atomic E-state index is 0.499. The molecule has 0 heterocycles. The van der Waals surface area contributed by atoms with Gasteiger partial charge in [-0.05, 0) is 17.1 Å². The molecule has 0 unspecified atom stereocenters. The van der Waals surface area contributed by atoms with Crippen LogP contribution in [0.25, 0.3) is 0 Å². The molecule has 0 aliphatic rings. The quantitative estimate of drug-likeness (QED) is 0.174. The summed E-state index contributed by atoms with van der Waals surface area (Å²) in [5.74, 6) is 0. The zero-order valence-corrected chi connectivity index (χ0v) is 20.1. The molecule has 0 fully saturated rings. The lowest BCUT2D eigenvalue weighted by molar-refractivity contribution is 0.480. The van der Waals surface area contributed by atoms with Crippen LogP contribution in [0.15, 0.2) is 0 Å². The van der Waals surface area contributed by atoms with Crippen molar-refractivity contribution in [3.63, 3.8) is 0 Å². The molecule has 0 aliphatic heterocycles. The van der Waals surface area contributed by atoms with Crippen LogP contribution >= 0.6 is 0 Å². The fraction of sp³-hybridized carbons (Fsp3) is 1.00. The van der Waals surface area contributed by atoms with Crippen LogP contribution in [-0.4, -0.2) is 13.1 Å². The summed E-state index contributed by atoms with van der Waals surface area (Å²) in [6.07, 6.45) is 22.7. The van der Waals surface area contributed by atoms with E-state index in [1.54, 1.807) is 0 Å². The van der Waals surface area contributed by atoms with Crippen molar-refractivity contribution < 1.29 is 4.80 Å². The third-order valence-corrected chi connectivity index (χ3v) is 11.6. The predicted octanol–water partition coefficient (Wildman–Crippen LogP) is 9.01. The van der Waals surface area contributed by atoms with Gasteiger partial charge in [-0.2, -0.15) is 0 Å². The van der Waals surface area contributed by atoms with Gasteiger partial charge in [0.15, 0.2) is 8.32 Å². The second-order valence-corrected chi connectivity index (χ2v) is 14.1. The molecule has 2 heteroatoms. The first-order valence-corrected chi connectivity index (χ1v) is 14.5. The Morgan fingerprint density at radius 1 is 0.500 bits per heavy atom. The molecular weight excluding hydrogens is 332 g/mol. The normalized spacial score (nSPS) is 12.5. The fourth-order valence-electron chi connectivity index (χ4n) is 4.20. The first-order chi connectivity index (χ1) is 12.4. The topological polar surface area (TPSA) is 20.2 Å². The smallest absolute Gasteiger partial charge is 0.193 e. The average Bonchev–Trinajstić information content (AvgIpc) is 2.60. The fourth-order valence-corrected chi connectivity index (χ4v) is 7.50. The maximum absolute atomic E-state index is 10.9. The maximum Gasteiger partial charge on any atom is 0.193 e. The summed E-state index contributed by atoms with van der Waals surface area (Å²) in [4.78, 5) is 10.9. The molecule has 26 heavy (non-hydrogen) atoms. The third kappa shape index (κ3) is 13.4. The second-order valence-electron chi connectivity index (χ2n) is 9.35. The Labute approximate surface area is 167 Å². The van der Waals surface area contributed by atoms with Gasteiger partial charge in [-0.3, -0.25) is 0 Å². The van der Waals surface area contributed by atoms with Gasteiger partial charge in [-0.1, -0.05) is 137 Å². The van der Waals surface area contributed by atoms with Crippen LogP contribution in [0.1, 0.15) is 137 Å².